The highest BCUT2D eigenvalue weighted by atomic mass is 32.1. The van der Waals surface area contributed by atoms with Gasteiger partial charge in [-0.05, 0) is 13.8 Å². The lowest BCUT2D eigenvalue weighted by Crippen LogP contribution is -2.48. The Kier molecular flexibility index (Phi) is 3.32. The Balaban J connectivity index is 1.52. The highest BCUT2D eigenvalue weighted by Gasteiger charge is 2.33. The molecule has 0 bridgehead atoms. The molecule has 1 aromatic rings. The number of aromatic nitrogens is 1. The van der Waals surface area contributed by atoms with Crippen LogP contribution in [-0.2, 0) is 4.74 Å². The fourth-order valence-corrected chi connectivity index (χ4v) is 3.83. The van der Waals surface area contributed by atoms with E-state index in [1.807, 2.05) is 12.4 Å². The highest BCUT2D eigenvalue weighted by molar-refractivity contribution is 7.13. The van der Waals surface area contributed by atoms with E-state index in [0.29, 0.717) is 0 Å². The molecule has 0 spiro atoms. The molecule has 3 aliphatic rings. The molecule has 22 heavy (non-hydrogen) atoms. The summed E-state index contributed by atoms with van der Waals surface area (Å²) in [5.41, 5.74) is 7.36. The number of ether oxygens (including phenoxy) is 1. The molecule has 118 valence electrons. The molecular formula is C14H20N6OS. The Hall–Kier alpha value is -1.64. The van der Waals surface area contributed by atoms with E-state index in [0.717, 1.165) is 42.9 Å². The first-order valence-electron chi connectivity index (χ1n) is 7.47. The minimum absolute atomic E-state index is 0.0528. The van der Waals surface area contributed by atoms with E-state index < -0.39 is 0 Å². The third kappa shape index (κ3) is 2.47. The van der Waals surface area contributed by atoms with Crippen molar-refractivity contribution in [1.82, 2.24) is 20.7 Å². The molecule has 7 nitrogen and oxygen atoms in total. The largest absolute Gasteiger partial charge is 0.372 e. The summed E-state index contributed by atoms with van der Waals surface area (Å²) in [6.45, 7) is 7.56. The van der Waals surface area contributed by atoms with Gasteiger partial charge in [0.05, 0.1) is 30.6 Å². The van der Waals surface area contributed by atoms with E-state index in [9.17, 15) is 0 Å². The standard InChI is InChI=1S/C14H20N6OS/c1-14(2)9-19(5-6-21-14)13-16-10(8-22-13)12-18-17-11-7-15-3-4-20(11)12/h3,7-8,12,17-18H,4-6,9H2,1-2H3. The predicted octanol–water partition coefficient (Wildman–Crippen LogP) is 1.05. The van der Waals surface area contributed by atoms with E-state index in [1.54, 1.807) is 11.3 Å². The van der Waals surface area contributed by atoms with Crippen molar-refractivity contribution in [3.05, 3.63) is 23.1 Å². The van der Waals surface area contributed by atoms with Crippen molar-refractivity contribution in [2.24, 2.45) is 4.99 Å². The number of nitrogens with one attached hydrogen (secondary N) is 2. The van der Waals surface area contributed by atoms with Crippen LogP contribution in [0.25, 0.3) is 0 Å². The van der Waals surface area contributed by atoms with E-state index in [1.165, 1.54) is 0 Å². The van der Waals surface area contributed by atoms with Gasteiger partial charge in [-0.25, -0.2) is 10.4 Å². The number of anilines is 1. The molecule has 0 radical (unpaired) electrons. The maximum absolute atomic E-state index is 5.78. The van der Waals surface area contributed by atoms with E-state index in [2.05, 4.69) is 44.9 Å². The quantitative estimate of drug-likeness (QED) is 0.849. The lowest BCUT2D eigenvalue weighted by molar-refractivity contribution is -0.0277. The highest BCUT2D eigenvalue weighted by Crippen LogP contribution is 2.31. The SMILES string of the molecule is CC1(C)CN(c2nc(C3NNC4=CN=CCN43)cs2)CCO1. The van der Waals surface area contributed by atoms with Crippen LogP contribution in [0.1, 0.15) is 25.7 Å². The lowest BCUT2D eigenvalue weighted by Gasteiger charge is -2.38. The first kappa shape index (κ1) is 14.0. The van der Waals surface area contributed by atoms with Crippen LogP contribution in [-0.4, -0.2) is 47.9 Å². The Morgan fingerprint density at radius 2 is 2.36 bits per heavy atom. The van der Waals surface area contributed by atoms with E-state index in [4.69, 9.17) is 9.72 Å². The summed E-state index contributed by atoms with van der Waals surface area (Å²) in [6, 6.07) is 0. The summed E-state index contributed by atoms with van der Waals surface area (Å²) in [5.74, 6) is 0.995. The van der Waals surface area contributed by atoms with Gasteiger partial charge in [-0.3, -0.25) is 4.99 Å². The van der Waals surface area contributed by atoms with Gasteiger partial charge in [0.25, 0.3) is 0 Å². The summed E-state index contributed by atoms with van der Waals surface area (Å²) in [4.78, 5) is 13.5. The molecule has 1 unspecified atom stereocenters. The average molecular weight is 320 g/mol. The zero-order valence-corrected chi connectivity index (χ0v) is 13.6. The molecule has 8 heteroatoms. The fraction of sp³-hybridized carbons (Fsp3) is 0.571. The molecule has 2 N–H and O–H groups in total. The second-order valence-electron chi connectivity index (χ2n) is 6.25. The number of hydrazine groups is 1. The van der Waals surface area contributed by atoms with Gasteiger partial charge in [0.2, 0.25) is 0 Å². The molecular weight excluding hydrogens is 300 g/mol. The van der Waals surface area contributed by atoms with Gasteiger partial charge in [-0.15, -0.1) is 11.3 Å². The zero-order valence-electron chi connectivity index (χ0n) is 12.7. The molecule has 4 rings (SSSR count). The summed E-state index contributed by atoms with van der Waals surface area (Å²) >= 11 is 1.69. The van der Waals surface area contributed by atoms with Crippen molar-refractivity contribution < 1.29 is 4.74 Å². The smallest absolute Gasteiger partial charge is 0.185 e. The molecule has 3 aliphatic heterocycles. The fourth-order valence-electron chi connectivity index (χ4n) is 2.96. The van der Waals surface area contributed by atoms with Crippen LogP contribution in [0, 0.1) is 0 Å². The second kappa shape index (κ2) is 5.22. The van der Waals surface area contributed by atoms with Crippen molar-refractivity contribution in [1.29, 1.82) is 0 Å². The monoisotopic (exact) mass is 320 g/mol. The van der Waals surface area contributed by atoms with Gasteiger partial charge in [-0.2, -0.15) is 0 Å². The van der Waals surface area contributed by atoms with Crippen LogP contribution in [0.5, 0.6) is 0 Å². The third-order valence-corrected chi connectivity index (χ3v) is 4.94. The van der Waals surface area contributed by atoms with Crippen LogP contribution in [0.2, 0.25) is 0 Å². The Morgan fingerprint density at radius 1 is 1.45 bits per heavy atom. The second-order valence-corrected chi connectivity index (χ2v) is 7.09. The Labute approximate surface area is 133 Å². The molecule has 0 saturated carbocycles. The summed E-state index contributed by atoms with van der Waals surface area (Å²) < 4.78 is 5.78. The summed E-state index contributed by atoms with van der Waals surface area (Å²) in [7, 11) is 0. The Bertz CT molecular complexity index is 625. The maximum Gasteiger partial charge on any atom is 0.185 e. The molecule has 0 amide bonds. The molecule has 2 fully saturated rings. The van der Waals surface area contributed by atoms with Gasteiger partial charge in [0.1, 0.15) is 12.0 Å². The number of rotatable bonds is 2. The van der Waals surface area contributed by atoms with Crippen molar-refractivity contribution in [3.8, 4) is 0 Å². The topological polar surface area (TPSA) is 65.0 Å². The molecule has 1 aromatic heterocycles. The average Bonchev–Trinajstić information content (AvgIpc) is 3.12. The lowest BCUT2D eigenvalue weighted by atomic mass is 10.1. The van der Waals surface area contributed by atoms with Crippen molar-refractivity contribution in [3.63, 3.8) is 0 Å². The first-order chi connectivity index (χ1) is 10.6. The van der Waals surface area contributed by atoms with Crippen LogP contribution in [0.4, 0.5) is 5.13 Å². The number of morpholine rings is 1. The van der Waals surface area contributed by atoms with Crippen LogP contribution >= 0.6 is 11.3 Å². The first-order valence-corrected chi connectivity index (χ1v) is 8.35. The number of fused-ring (bicyclic) bond motifs is 1. The van der Waals surface area contributed by atoms with E-state index in [-0.39, 0.29) is 11.8 Å². The van der Waals surface area contributed by atoms with Gasteiger partial charge in [0.15, 0.2) is 5.13 Å². The van der Waals surface area contributed by atoms with Gasteiger partial charge < -0.3 is 20.0 Å². The van der Waals surface area contributed by atoms with Crippen molar-refractivity contribution in [2.45, 2.75) is 25.6 Å². The molecule has 4 heterocycles. The molecule has 0 aliphatic carbocycles. The van der Waals surface area contributed by atoms with Crippen molar-refractivity contribution in [2.75, 3.05) is 31.1 Å². The zero-order chi connectivity index (χ0) is 15.2. The summed E-state index contributed by atoms with van der Waals surface area (Å²) in [6.07, 6.45) is 3.79. The van der Waals surface area contributed by atoms with Crippen LogP contribution in [0.3, 0.4) is 0 Å². The van der Waals surface area contributed by atoms with Crippen LogP contribution < -0.4 is 15.8 Å². The molecule has 1 atom stereocenters. The van der Waals surface area contributed by atoms with Gasteiger partial charge >= 0.3 is 0 Å². The number of hydrogen-bond donors (Lipinski definition) is 2. The maximum atomic E-state index is 5.78. The minimum atomic E-state index is -0.115. The number of hydrogen-bond acceptors (Lipinski definition) is 8. The number of aliphatic imine (C=N–C) groups is 1. The van der Waals surface area contributed by atoms with Crippen LogP contribution in [0.15, 0.2) is 22.4 Å². The molecule has 2 saturated heterocycles. The summed E-state index contributed by atoms with van der Waals surface area (Å²) in [5, 5.41) is 3.20. The van der Waals surface area contributed by atoms with Gasteiger partial charge in [-0.1, -0.05) is 0 Å². The predicted molar refractivity (Wildman–Crippen MR) is 86.7 cm³/mol. The number of thiazole rings is 1. The third-order valence-electron chi connectivity index (χ3n) is 4.02. The molecule has 0 aromatic carbocycles. The van der Waals surface area contributed by atoms with Crippen molar-refractivity contribution >= 4 is 22.7 Å². The number of nitrogens with zero attached hydrogens (tertiary/aromatic N) is 4. The normalized spacial score (nSPS) is 26.6. The Morgan fingerprint density at radius 3 is 3.23 bits per heavy atom. The minimum Gasteiger partial charge on any atom is -0.372 e. The van der Waals surface area contributed by atoms with Gasteiger partial charge in [0, 0.05) is 24.7 Å². The van der Waals surface area contributed by atoms with E-state index >= 15 is 0 Å².